The number of carbonyl (C=O) groups excluding carboxylic acids is 2. The molecule has 1 unspecified atom stereocenters. The van der Waals surface area contributed by atoms with Crippen LogP contribution in [0.3, 0.4) is 0 Å². The molecule has 208 valence electrons. The number of amides is 1. The number of anilines is 1. The average Bonchev–Trinajstić information content (AvgIpc) is 3.23. The number of nitrogens with one attached hydrogen (secondary N) is 1. The third-order valence-electron chi connectivity index (χ3n) is 6.46. The molecule has 1 aromatic carbocycles. The number of ketones is 1. The van der Waals surface area contributed by atoms with Gasteiger partial charge in [0.05, 0.1) is 6.54 Å². The molecule has 1 N–H and O–H groups in total. The van der Waals surface area contributed by atoms with Gasteiger partial charge in [0.2, 0.25) is 5.95 Å². The van der Waals surface area contributed by atoms with E-state index in [1.54, 1.807) is 41.9 Å². The number of aromatic nitrogens is 4. The summed E-state index contributed by atoms with van der Waals surface area (Å²) in [6.45, 7) is 12.3. The summed E-state index contributed by atoms with van der Waals surface area (Å²) in [5.74, 6) is 0.162. The number of allylic oxidation sites excluding steroid dienone is 1. The number of rotatable bonds is 7. The van der Waals surface area contributed by atoms with Crippen LogP contribution in [-0.2, 0) is 24.9 Å². The summed E-state index contributed by atoms with van der Waals surface area (Å²) in [5.41, 5.74) is -0.162. The SMILES string of the molecule is C=C(C)Cn1c(N2CCCC(NC(=O)OC(C)(C)C)C2)nc2c1c(=O)n(CC(=O)c1ccccc1)c(=O)n2C. The summed E-state index contributed by atoms with van der Waals surface area (Å²) in [6.07, 6.45) is 1.06. The van der Waals surface area contributed by atoms with E-state index in [-0.39, 0.29) is 29.5 Å². The van der Waals surface area contributed by atoms with E-state index in [0.717, 1.165) is 23.0 Å². The van der Waals surface area contributed by atoms with Crippen molar-refractivity contribution in [3.05, 3.63) is 68.9 Å². The molecule has 3 heterocycles. The van der Waals surface area contributed by atoms with Crippen LogP contribution in [0.25, 0.3) is 11.2 Å². The van der Waals surface area contributed by atoms with Gasteiger partial charge in [0.15, 0.2) is 16.9 Å². The molecule has 1 aliphatic heterocycles. The third kappa shape index (κ3) is 6.13. The van der Waals surface area contributed by atoms with Gasteiger partial charge in [-0.1, -0.05) is 42.5 Å². The van der Waals surface area contributed by atoms with Crippen LogP contribution in [0.2, 0.25) is 0 Å². The van der Waals surface area contributed by atoms with Gasteiger partial charge in [-0.15, -0.1) is 0 Å². The Morgan fingerprint density at radius 2 is 1.82 bits per heavy atom. The molecule has 1 aliphatic rings. The van der Waals surface area contributed by atoms with E-state index in [2.05, 4.69) is 11.9 Å². The topological polar surface area (TPSA) is 120 Å². The minimum Gasteiger partial charge on any atom is -0.444 e. The second kappa shape index (κ2) is 10.9. The molecule has 2 aromatic heterocycles. The van der Waals surface area contributed by atoms with Gasteiger partial charge in [0.25, 0.3) is 5.56 Å². The van der Waals surface area contributed by atoms with Gasteiger partial charge >= 0.3 is 11.8 Å². The third-order valence-corrected chi connectivity index (χ3v) is 6.46. The van der Waals surface area contributed by atoms with Crippen molar-refractivity contribution >= 4 is 29.0 Å². The number of alkyl carbamates (subject to hydrolysis) is 1. The first-order valence-corrected chi connectivity index (χ1v) is 13.0. The second-order valence-corrected chi connectivity index (χ2v) is 11.1. The number of carbonyl (C=O) groups is 2. The normalized spacial score (nSPS) is 15.8. The number of Topliss-reactive ketones (excluding diaryl/α,β-unsaturated/α-hetero) is 1. The zero-order chi connectivity index (χ0) is 28.5. The molecular formula is C28H36N6O5. The molecule has 3 aromatic rings. The summed E-state index contributed by atoms with van der Waals surface area (Å²) in [7, 11) is 1.54. The first-order valence-electron chi connectivity index (χ1n) is 13.0. The highest BCUT2D eigenvalue weighted by atomic mass is 16.6. The summed E-state index contributed by atoms with van der Waals surface area (Å²) in [6, 6.07) is 8.37. The fourth-order valence-corrected chi connectivity index (χ4v) is 4.77. The number of hydrogen-bond donors (Lipinski definition) is 1. The zero-order valence-electron chi connectivity index (χ0n) is 23.2. The van der Waals surface area contributed by atoms with Crippen LogP contribution in [0, 0.1) is 0 Å². The Bertz CT molecular complexity index is 1530. The van der Waals surface area contributed by atoms with E-state index >= 15 is 0 Å². The number of aryl methyl sites for hydroxylation is 1. The van der Waals surface area contributed by atoms with Crippen LogP contribution in [0.5, 0.6) is 0 Å². The number of imidazole rings is 1. The molecular weight excluding hydrogens is 500 g/mol. The molecule has 0 bridgehead atoms. The molecule has 1 fully saturated rings. The maximum absolute atomic E-state index is 13.7. The maximum atomic E-state index is 13.7. The van der Waals surface area contributed by atoms with Crippen molar-refractivity contribution in [3.8, 4) is 0 Å². The van der Waals surface area contributed by atoms with Gasteiger partial charge in [0, 0.05) is 38.3 Å². The molecule has 11 heteroatoms. The second-order valence-electron chi connectivity index (χ2n) is 11.1. The average molecular weight is 537 g/mol. The van der Waals surface area contributed by atoms with E-state index < -0.39 is 22.9 Å². The lowest BCUT2D eigenvalue weighted by atomic mass is 10.1. The van der Waals surface area contributed by atoms with E-state index in [1.165, 1.54) is 4.57 Å². The quantitative estimate of drug-likeness (QED) is 0.364. The van der Waals surface area contributed by atoms with Crippen molar-refractivity contribution in [1.82, 2.24) is 24.0 Å². The Labute approximate surface area is 226 Å². The van der Waals surface area contributed by atoms with E-state index in [0.29, 0.717) is 31.1 Å². The summed E-state index contributed by atoms with van der Waals surface area (Å²) in [5, 5.41) is 2.93. The van der Waals surface area contributed by atoms with Gasteiger partial charge in [-0.05, 0) is 40.5 Å². The van der Waals surface area contributed by atoms with E-state index in [4.69, 9.17) is 9.72 Å². The van der Waals surface area contributed by atoms with E-state index in [1.807, 2.05) is 32.6 Å². The zero-order valence-corrected chi connectivity index (χ0v) is 23.2. The van der Waals surface area contributed by atoms with Crippen LogP contribution in [-0.4, -0.2) is 55.3 Å². The summed E-state index contributed by atoms with van der Waals surface area (Å²) < 4.78 is 9.42. The monoisotopic (exact) mass is 536 g/mol. The van der Waals surface area contributed by atoms with Gasteiger partial charge in [-0.2, -0.15) is 4.98 Å². The molecule has 1 amide bonds. The van der Waals surface area contributed by atoms with Crippen LogP contribution >= 0.6 is 0 Å². The Kier molecular flexibility index (Phi) is 7.80. The van der Waals surface area contributed by atoms with Crippen molar-refractivity contribution in [3.63, 3.8) is 0 Å². The summed E-state index contributed by atoms with van der Waals surface area (Å²) in [4.78, 5) is 58.9. The Morgan fingerprint density at radius 3 is 2.46 bits per heavy atom. The summed E-state index contributed by atoms with van der Waals surface area (Å²) >= 11 is 0. The Balaban J connectivity index is 1.74. The van der Waals surface area contributed by atoms with E-state index in [9.17, 15) is 19.2 Å². The molecule has 0 saturated carbocycles. The first-order chi connectivity index (χ1) is 18.4. The van der Waals surface area contributed by atoms with Crippen molar-refractivity contribution in [2.24, 2.45) is 7.05 Å². The van der Waals surface area contributed by atoms with Crippen molar-refractivity contribution in [1.29, 1.82) is 0 Å². The van der Waals surface area contributed by atoms with Crippen LogP contribution in [0.1, 0.15) is 50.9 Å². The number of hydrogen-bond acceptors (Lipinski definition) is 7. The molecule has 0 aliphatic carbocycles. The molecule has 0 radical (unpaired) electrons. The van der Waals surface area contributed by atoms with Gasteiger partial charge < -0.3 is 19.5 Å². The molecule has 1 atom stereocenters. The largest absolute Gasteiger partial charge is 0.444 e. The molecule has 0 spiro atoms. The predicted octanol–water partition coefficient (Wildman–Crippen LogP) is 2.85. The molecule has 4 rings (SSSR count). The lowest BCUT2D eigenvalue weighted by Crippen LogP contribution is -2.49. The minimum atomic E-state index is -0.619. The molecule has 11 nitrogen and oxygen atoms in total. The Hall–Kier alpha value is -4.15. The van der Waals surface area contributed by atoms with Crippen LogP contribution in [0.4, 0.5) is 10.7 Å². The first kappa shape index (κ1) is 27.9. The molecule has 39 heavy (non-hydrogen) atoms. The fraction of sp³-hybridized carbons (Fsp3) is 0.464. The number of ether oxygens (including phenoxy) is 1. The lowest BCUT2D eigenvalue weighted by molar-refractivity contribution is 0.0499. The highest BCUT2D eigenvalue weighted by Gasteiger charge is 2.29. The van der Waals surface area contributed by atoms with Crippen LogP contribution in [0.15, 0.2) is 52.1 Å². The number of benzene rings is 1. The van der Waals surface area contributed by atoms with Crippen molar-refractivity contribution in [2.45, 2.75) is 65.3 Å². The standard InChI is InChI=1S/C28H36N6O5/c1-18(2)15-33-22-23(30-25(33)32-14-10-13-20(16-32)29-26(37)39-28(3,4)5)31(6)27(38)34(24(22)36)17-21(35)19-11-8-7-9-12-19/h7-9,11-12,20H,1,10,13-17H2,2-6H3,(H,29,37). The predicted molar refractivity (Wildman–Crippen MR) is 149 cm³/mol. The smallest absolute Gasteiger partial charge is 0.407 e. The fourth-order valence-electron chi connectivity index (χ4n) is 4.77. The van der Waals surface area contributed by atoms with Gasteiger partial charge in [-0.3, -0.25) is 18.7 Å². The number of fused-ring (bicyclic) bond motifs is 1. The maximum Gasteiger partial charge on any atom is 0.407 e. The Morgan fingerprint density at radius 1 is 1.13 bits per heavy atom. The highest BCUT2D eigenvalue weighted by molar-refractivity contribution is 5.96. The van der Waals surface area contributed by atoms with Gasteiger partial charge in [0.1, 0.15) is 5.60 Å². The van der Waals surface area contributed by atoms with Crippen molar-refractivity contribution < 1.29 is 14.3 Å². The molecule has 1 saturated heterocycles. The van der Waals surface area contributed by atoms with Crippen molar-refractivity contribution in [2.75, 3.05) is 18.0 Å². The lowest BCUT2D eigenvalue weighted by Gasteiger charge is -2.34. The number of nitrogens with zero attached hydrogens (tertiary/aromatic N) is 5. The number of piperidine rings is 1. The van der Waals surface area contributed by atoms with Crippen LogP contribution < -0.4 is 21.5 Å². The highest BCUT2D eigenvalue weighted by Crippen LogP contribution is 2.24. The minimum absolute atomic E-state index is 0.185. The van der Waals surface area contributed by atoms with Gasteiger partial charge in [-0.25, -0.2) is 9.59 Å².